The standard InChI is InChI=1S/C20H28N2O5/c1-14-12-22(19(25)26-13-15-8-6-5-7-9-15)16(18(24)21-14)10-11-17(23)27-20(2,3)4/h5-9,14,16H,10-13H2,1-4H3,(H,21,24)/t14-,16+/m1/s1. The van der Waals surface area contributed by atoms with Crippen LogP contribution in [0.15, 0.2) is 30.3 Å². The highest BCUT2D eigenvalue weighted by Crippen LogP contribution is 2.18. The zero-order valence-corrected chi connectivity index (χ0v) is 16.4. The van der Waals surface area contributed by atoms with E-state index < -0.39 is 23.7 Å². The Morgan fingerprint density at radius 3 is 2.52 bits per heavy atom. The highest BCUT2D eigenvalue weighted by molar-refractivity contribution is 5.87. The van der Waals surface area contributed by atoms with Crippen molar-refractivity contribution in [2.45, 2.75) is 64.8 Å². The first-order chi connectivity index (χ1) is 12.7. The molecule has 2 amide bonds. The molecule has 0 saturated carbocycles. The topological polar surface area (TPSA) is 84.9 Å². The van der Waals surface area contributed by atoms with E-state index in [4.69, 9.17) is 9.47 Å². The van der Waals surface area contributed by atoms with Gasteiger partial charge in [-0.05, 0) is 39.7 Å². The molecule has 7 heteroatoms. The maximum atomic E-state index is 12.6. The highest BCUT2D eigenvalue weighted by atomic mass is 16.6. The van der Waals surface area contributed by atoms with Gasteiger partial charge in [0.2, 0.25) is 5.91 Å². The molecule has 7 nitrogen and oxygen atoms in total. The molecule has 1 aliphatic rings. The SMILES string of the molecule is C[C@@H]1CN(C(=O)OCc2ccccc2)[C@@H](CCC(=O)OC(C)(C)C)C(=O)N1. The van der Waals surface area contributed by atoms with Crippen molar-refractivity contribution >= 4 is 18.0 Å². The minimum atomic E-state index is -0.753. The second-order valence-electron chi connectivity index (χ2n) is 7.74. The minimum absolute atomic E-state index is 0.0478. The van der Waals surface area contributed by atoms with Gasteiger partial charge in [0.1, 0.15) is 18.2 Å². The van der Waals surface area contributed by atoms with Crippen LogP contribution in [-0.2, 0) is 25.7 Å². The number of amides is 2. The molecule has 0 spiro atoms. The summed E-state index contributed by atoms with van der Waals surface area (Å²) in [5.74, 6) is -0.680. The van der Waals surface area contributed by atoms with Crippen LogP contribution in [0.1, 0.15) is 46.1 Å². The van der Waals surface area contributed by atoms with E-state index in [2.05, 4.69) is 5.32 Å². The number of carbonyl (C=O) groups is 3. The van der Waals surface area contributed by atoms with Crippen LogP contribution in [0.25, 0.3) is 0 Å². The second kappa shape index (κ2) is 8.88. The maximum Gasteiger partial charge on any atom is 0.410 e. The van der Waals surface area contributed by atoms with Gasteiger partial charge in [-0.15, -0.1) is 0 Å². The first-order valence-corrected chi connectivity index (χ1v) is 9.15. The number of nitrogens with one attached hydrogen (secondary N) is 1. The number of nitrogens with zero attached hydrogens (tertiary/aromatic N) is 1. The summed E-state index contributed by atoms with van der Waals surface area (Å²) in [6, 6.07) is 8.40. The van der Waals surface area contributed by atoms with Crippen molar-refractivity contribution in [2.75, 3.05) is 6.54 Å². The molecular weight excluding hydrogens is 348 g/mol. The number of rotatable bonds is 5. The van der Waals surface area contributed by atoms with Crippen molar-refractivity contribution in [1.29, 1.82) is 0 Å². The first kappa shape index (κ1) is 20.7. The van der Waals surface area contributed by atoms with Gasteiger partial charge in [-0.1, -0.05) is 30.3 Å². The Labute approximate surface area is 160 Å². The Balaban J connectivity index is 1.98. The van der Waals surface area contributed by atoms with Gasteiger partial charge in [-0.2, -0.15) is 0 Å². The predicted octanol–water partition coefficient (Wildman–Crippen LogP) is 2.63. The van der Waals surface area contributed by atoms with Crippen LogP contribution in [0.2, 0.25) is 0 Å². The van der Waals surface area contributed by atoms with Crippen molar-refractivity contribution < 1.29 is 23.9 Å². The van der Waals surface area contributed by atoms with Gasteiger partial charge >= 0.3 is 12.1 Å². The van der Waals surface area contributed by atoms with E-state index in [0.717, 1.165) is 5.56 Å². The molecule has 0 radical (unpaired) electrons. The van der Waals surface area contributed by atoms with E-state index in [1.807, 2.05) is 37.3 Å². The fourth-order valence-corrected chi connectivity index (χ4v) is 2.89. The van der Waals surface area contributed by atoms with Gasteiger partial charge in [0.05, 0.1) is 0 Å². The van der Waals surface area contributed by atoms with E-state index in [1.165, 1.54) is 4.90 Å². The lowest BCUT2D eigenvalue weighted by Gasteiger charge is -2.37. The quantitative estimate of drug-likeness (QED) is 0.799. The number of hydrogen-bond donors (Lipinski definition) is 1. The number of benzene rings is 1. The van der Waals surface area contributed by atoms with Gasteiger partial charge in [0.15, 0.2) is 0 Å². The number of ether oxygens (including phenoxy) is 2. The number of hydrogen-bond acceptors (Lipinski definition) is 5. The van der Waals surface area contributed by atoms with E-state index in [1.54, 1.807) is 20.8 Å². The lowest BCUT2D eigenvalue weighted by molar-refractivity contribution is -0.155. The molecule has 0 bridgehead atoms. The molecule has 0 aliphatic carbocycles. The monoisotopic (exact) mass is 376 g/mol. The van der Waals surface area contributed by atoms with Gasteiger partial charge in [0, 0.05) is 19.0 Å². The zero-order valence-electron chi connectivity index (χ0n) is 16.4. The molecule has 1 fully saturated rings. The largest absolute Gasteiger partial charge is 0.460 e. The Bertz CT molecular complexity index is 669. The number of piperazine rings is 1. The molecule has 1 aromatic carbocycles. The van der Waals surface area contributed by atoms with Crippen LogP contribution < -0.4 is 5.32 Å². The van der Waals surface area contributed by atoms with Crippen LogP contribution in [0.3, 0.4) is 0 Å². The Morgan fingerprint density at radius 2 is 1.89 bits per heavy atom. The molecular formula is C20H28N2O5. The summed E-state index contributed by atoms with van der Waals surface area (Å²) in [5, 5.41) is 2.82. The third-order valence-corrected chi connectivity index (χ3v) is 4.02. The highest BCUT2D eigenvalue weighted by Gasteiger charge is 2.37. The minimum Gasteiger partial charge on any atom is -0.460 e. The zero-order chi connectivity index (χ0) is 20.0. The van der Waals surface area contributed by atoms with Crippen LogP contribution >= 0.6 is 0 Å². The van der Waals surface area contributed by atoms with Crippen molar-refractivity contribution in [3.05, 3.63) is 35.9 Å². The van der Waals surface area contributed by atoms with Gasteiger partial charge in [-0.25, -0.2) is 4.79 Å². The number of esters is 1. The van der Waals surface area contributed by atoms with Crippen LogP contribution in [0, 0.1) is 0 Å². The van der Waals surface area contributed by atoms with Crippen molar-refractivity contribution in [2.24, 2.45) is 0 Å². The fraction of sp³-hybridized carbons (Fsp3) is 0.550. The summed E-state index contributed by atoms with van der Waals surface area (Å²) in [7, 11) is 0. The lowest BCUT2D eigenvalue weighted by Crippen LogP contribution is -2.60. The summed E-state index contributed by atoms with van der Waals surface area (Å²) in [6.45, 7) is 7.64. The summed E-state index contributed by atoms with van der Waals surface area (Å²) < 4.78 is 10.7. The first-order valence-electron chi connectivity index (χ1n) is 9.15. The molecule has 1 aliphatic heterocycles. The fourth-order valence-electron chi connectivity index (χ4n) is 2.89. The van der Waals surface area contributed by atoms with Crippen molar-refractivity contribution in [1.82, 2.24) is 10.2 Å². The Hall–Kier alpha value is -2.57. The van der Waals surface area contributed by atoms with Gasteiger partial charge < -0.3 is 14.8 Å². The third kappa shape index (κ3) is 6.58. The average molecular weight is 376 g/mol. The van der Waals surface area contributed by atoms with E-state index >= 15 is 0 Å². The average Bonchev–Trinajstić information content (AvgIpc) is 2.57. The smallest absolute Gasteiger partial charge is 0.410 e. The molecule has 2 rings (SSSR count). The Kier molecular flexibility index (Phi) is 6.82. The predicted molar refractivity (Wildman–Crippen MR) is 99.8 cm³/mol. The molecule has 27 heavy (non-hydrogen) atoms. The van der Waals surface area contributed by atoms with E-state index in [0.29, 0.717) is 6.54 Å². The Morgan fingerprint density at radius 1 is 1.22 bits per heavy atom. The lowest BCUT2D eigenvalue weighted by atomic mass is 10.0. The van der Waals surface area contributed by atoms with E-state index in [-0.39, 0.29) is 31.4 Å². The molecule has 1 saturated heterocycles. The molecule has 2 atom stereocenters. The molecule has 1 N–H and O–H groups in total. The van der Waals surface area contributed by atoms with Crippen LogP contribution in [-0.4, -0.2) is 47.1 Å². The number of carbonyl (C=O) groups excluding carboxylic acids is 3. The molecule has 0 aromatic heterocycles. The molecule has 148 valence electrons. The normalized spacial score (nSPS) is 20.0. The molecule has 1 aromatic rings. The summed E-state index contributed by atoms with van der Waals surface area (Å²) >= 11 is 0. The van der Waals surface area contributed by atoms with Crippen LogP contribution in [0.4, 0.5) is 4.79 Å². The summed E-state index contributed by atoms with van der Waals surface area (Å²) in [5.41, 5.74) is 0.278. The van der Waals surface area contributed by atoms with Crippen molar-refractivity contribution in [3.8, 4) is 0 Å². The molecule has 0 unspecified atom stereocenters. The maximum absolute atomic E-state index is 12.6. The summed E-state index contributed by atoms with van der Waals surface area (Å²) in [4.78, 5) is 38.3. The van der Waals surface area contributed by atoms with Crippen LogP contribution in [0.5, 0.6) is 0 Å². The van der Waals surface area contributed by atoms with Crippen molar-refractivity contribution in [3.63, 3.8) is 0 Å². The summed E-state index contributed by atoms with van der Waals surface area (Å²) in [6.07, 6.45) is -0.324. The third-order valence-electron chi connectivity index (χ3n) is 4.02. The molecule has 1 heterocycles. The van der Waals surface area contributed by atoms with Gasteiger partial charge in [-0.3, -0.25) is 14.5 Å². The van der Waals surface area contributed by atoms with Gasteiger partial charge in [0.25, 0.3) is 0 Å². The second-order valence-corrected chi connectivity index (χ2v) is 7.74. The van der Waals surface area contributed by atoms with E-state index in [9.17, 15) is 14.4 Å².